The summed E-state index contributed by atoms with van der Waals surface area (Å²) in [6.45, 7) is 1.89. The Kier molecular flexibility index (Phi) is 38.4. The maximum absolute atomic E-state index is 12.6. The first kappa shape index (κ1) is 54.9. The van der Waals surface area contributed by atoms with E-state index in [1.165, 1.54) is 19.3 Å². The molecule has 4 N–H and O–H groups in total. The number of hydrogen-bond donors (Lipinski definition) is 4. The molecular weight excluding hydrogens is 759 g/mol. The van der Waals surface area contributed by atoms with Gasteiger partial charge in [-0.2, -0.15) is 0 Å². The van der Waals surface area contributed by atoms with Crippen molar-refractivity contribution in [3.8, 4) is 0 Å². The molecule has 0 spiro atoms. The number of esters is 2. The van der Waals surface area contributed by atoms with Gasteiger partial charge in [-0.1, -0.05) is 137 Å². The molecule has 0 bridgehead atoms. The molecule has 0 heterocycles. The Balaban J connectivity index is 4.49. The van der Waals surface area contributed by atoms with Crippen molar-refractivity contribution in [2.45, 2.75) is 154 Å². The van der Waals surface area contributed by atoms with Gasteiger partial charge in [0.15, 0.2) is 6.10 Å². The fourth-order valence-corrected chi connectivity index (χ4v) is 5.72. The van der Waals surface area contributed by atoms with Crippen LogP contribution in [0.3, 0.4) is 0 Å². The van der Waals surface area contributed by atoms with Crippen molar-refractivity contribution in [2.75, 3.05) is 26.4 Å². The molecule has 0 fully saturated rings. The molecule has 12 heteroatoms. The van der Waals surface area contributed by atoms with Gasteiger partial charge in [0.25, 0.3) is 0 Å². The summed E-state index contributed by atoms with van der Waals surface area (Å²) in [5.74, 6) is -1.05. The van der Waals surface area contributed by atoms with Crippen LogP contribution >= 0.6 is 7.82 Å². The predicted octanol–water partition coefficient (Wildman–Crippen LogP) is 10.2. The molecule has 58 heavy (non-hydrogen) atoms. The number of aliphatic hydroxyl groups is 3. The molecule has 0 saturated carbocycles. The van der Waals surface area contributed by atoms with Crippen molar-refractivity contribution in [3.63, 3.8) is 0 Å². The second kappa shape index (κ2) is 40.6. The summed E-state index contributed by atoms with van der Waals surface area (Å²) in [6, 6.07) is 0. The fraction of sp³-hybridized carbons (Fsp3) is 0.609. The molecule has 0 aromatic carbocycles. The molecule has 11 nitrogen and oxygen atoms in total. The third-order valence-electron chi connectivity index (χ3n) is 8.38. The van der Waals surface area contributed by atoms with Crippen LogP contribution in [0.15, 0.2) is 97.2 Å². The standard InChI is InChI=1S/C46H75O11P/c1-3-5-6-7-8-9-10-11-12-13-14-18-21-24-27-30-33-36-45(50)54-40-44(41-56-58(52,53)55-39-43(49)38-47)57-46(51)37-34-31-28-25-22-19-16-15-17-20-23-26-29-32-35-42(48)4-2/h8-9,11-12,14,16-20,25-26,28-29,32,35,42-44,47-49H,3-7,10,13,15,21-24,27,30-31,33-34,36-41H2,1-2H3,(H,52,53)/b9-8-,12-11-,18-14-,19-16-,20-17-,28-25-,29-26-,35-32+/t42-,43+,44-/m1/s1. The van der Waals surface area contributed by atoms with Crippen molar-refractivity contribution < 1.29 is 52.9 Å². The van der Waals surface area contributed by atoms with Crippen LogP contribution in [-0.2, 0) is 32.7 Å². The first-order chi connectivity index (χ1) is 28.1. The minimum absolute atomic E-state index is 0.0809. The second-order valence-electron chi connectivity index (χ2n) is 13.8. The zero-order valence-electron chi connectivity index (χ0n) is 35.3. The molecule has 0 aliphatic rings. The van der Waals surface area contributed by atoms with Gasteiger partial charge in [-0.15, -0.1) is 0 Å². The lowest BCUT2D eigenvalue weighted by Crippen LogP contribution is -2.29. The van der Waals surface area contributed by atoms with Gasteiger partial charge in [0.1, 0.15) is 12.7 Å². The van der Waals surface area contributed by atoms with Gasteiger partial charge in [0, 0.05) is 12.8 Å². The first-order valence-corrected chi connectivity index (χ1v) is 22.8. The molecule has 0 aromatic rings. The second-order valence-corrected chi connectivity index (χ2v) is 15.3. The monoisotopic (exact) mass is 835 g/mol. The molecule has 0 radical (unpaired) electrons. The number of carbonyl (C=O) groups is 2. The van der Waals surface area contributed by atoms with Gasteiger partial charge in [-0.05, 0) is 83.5 Å². The van der Waals surface area contributed by atoms with Crippen LogP contribution in [0.25, 0.3) is 0 Å². The van der Waals surface area contributed by atoms with Crippen molar-refractivity contribution in [2.24, 2.45) is 0 Å². The normalized spacial score (nSPS) is 15.3. The largest absolute Gasteiger partial charge is 0.472 e. The van der Waals surface area contributed by atoms with Gasteiger partial charge in [0.2, 0.25) is 0 Å². The molecule has 0 aliphatic heterocycles. The molecule has 330 valence electrons. The Hall–Kier alpha value is -3.15. The van der Waals surface area contributed by atoms with Gasteiger partial charge >= 0.3 is 19.8 Å². The molecular formula is C46H75O11P. The summed E-state index contributed by atoms with van der Waals surface area (Å²) < 4.78 is 32.6. The van der Waals surface area contributed by atoms with Crippen LogP contribution in [0.5, 0.6) is 0 Å². The Morgan fingerprint density at radius 1 is 0.586 bits per heavy atom. The predicted molar refractivity (Wildman–Crippen MR) is 234 cm³/mol. The summed E-state index contributed by atoms with van der Waals surface area (Å²) in [7, 11) is -4.65. The van der Waals surface area contributed by atoms with E-state index in [4.69, 9.17) is 19.1 Å². The number of carbonyl (C=O) groups excluding carboxylic acids is 2. The Bertz CT molecular complexity index is 1300. The molecule has 4 atom stereocenters. The molecule has 1 unspecified atom stereocenters. The average molecular weight is 835 g/mol. The Labute approximate surface area is 349 Å². The van der Waals surface area contributed by atoms with Crippen molar-refractivity contribution in [3.05, 3.63) is 97.2 Å². The van der Waals surface area contributed by atoms with Crippen LogP contribution < -0.4 is 0 Å². The quantitative estimate of drug-likeness (QED) is 0.0154. The molecule has 0 aromatic heterocycles. The van der Waals surface area contributed by atoms with Crippen molar-refractivity contribution in [1.29, 1.82) is 0 Å². The van der Waals surface area contributed by atoms with Gasteiger partial charge in [0.05, 0.1) is 25.9 Å². The summed E-state index contributed by atoms with van der Waals surface area (Å²) in [5.41, 5.74) is 0. The fourth-order valence-electron chi connectivity index (χ4n) is 4.93. The third kappa shape index (κ3) is 39.7. The van der Waals surface area contributed by atoms with E-state index >= 15 is 0 Å². The number of allylic oxidation sites excluding steroid dienone is 15. The van der Waals surface area contributed by atoms with Crippen molar-refractivity contribution in [1.82, 2.24) is 0 Å². The number of aliphatic hydroxyl groups excluding tert-OH is 3. The molecule has 0 amide bonds. The smallest absolute Gasteiger partial charge is 0.462 e. The van der Waals surface area contributed by atoms with E-state index in [0.29, 0.717) is 25.7 Å². The van der Waals surface area contributed by atoms with E-state index < -0.39 is 57.9 Å². The molecule has 0 saturated heterocycles. The maximum Gasteiger partial charge on any atom is 0.472 e. The zero-order valence-corrected chi connectivity index (χ0v) is 36.2. The highest BCUT2D eigenvalue weighted by atomic mass is 31.2. The summed E-state index contributed by atoms with van der Waals surface area (Å²) in [6.07, 6.45) is 46.1. The Morgan fingerprint density at radius 3 is 1.66 bits per heavy atom. The van der Waals surface area contributed by atoms with Gasteiger partial charge in [-0.25, -0.2) is 4.57 Å². The SMILES string of the molecule is CCCCC/C=C\C/C=C\C/C=C\CCCCCCC(=O)OC[C@H](COP(=O)(O)OC[C@@H](O)CO)OC(=O)CCC/C=C\C/C=C\C/C=C\C/C=C\C=C\[C@H](O)CC. The van der Waals surface area contributed by atoms with Crippen LogP contribution in [-0.4, -0.2) is 76.9 Å². The minimum Gasteiger partial charge on any atom is -0.462 e. The van der Waals surface area contributed by atoms with Crippen molar-refractivity contribution >= 4 is 19.8 Å². The van der Waals surface area contributed by atoms with Crippen LogP contribution in [0.2, 0.25) is 0 Å². The van der Waals surface area contributed by atoms with E-state index in [9.17, 15) is 29.3 Å². The van der Waals surface area contributed by atoms with E-state index in [2.05, 4.69) is 72.2 Å². The van der Waals surface area contributed by atoms with Crippen LogP contribution in [0, 0.1) is 0 Å². The summed E-state index contributed by atoms with van der Waals surface area (Å²) in [4.78, 5) is 35.0. The highest BCUT2D eigenvalue weighted by Gasteiger charge is 2.27. The van der Waals surface area contributed by atoms with E-state index in [1.54, 1.807) is 6.08 Å². The number of unbranched alkanes of at least 4 members (excludes halogenated alkanes) is 8. The maximum atomic E-state index is 12.6. The van der Waals surface area contributed by atoms with E-state index in [-0.39, 0.29) is 19.4 Å². The first-order valence-electron chi connectivity index (χ1n) is 21.3. The zero-order chi connectivity index (χ0) is 42.8. The number of ether oxygens (including phenoxy) is 2. The van der Waals surface area contributed by atoms with E-state index in [0.717, 1.165) is 64.2 Å². The topological polar surface area (TPSA) is 169 Å². The van der Waals surface area contributed by atoms with Crippen LogP contribution in [0.4, 0.5) is 0 Å². The number of rotatable bonds is 38. The number of phosphoric acid groups is 1. The third-order valence-corrected chi connectivity index (χ3v) is 9.33. The number of hydrogen-bond acceptors (Lipinski definition) is 10. The lowest BCUT2D eigenvalue weighted by atomic mass is 10.1. The van der Waals surface area contributed by atoms with Gasteiger partial charge < -0.3 is 29.7 Å². The van der Waals surface area contributed by atoms with Gasteiger partial charge in [-0.3, -0.25) is 18.6 Å². The lowest BCUT2D eigenvalue weighted by Gasteiger charge is -2.20. The lowest BCUT2D eigenvalue weighted by molar-refractivity contribution is -0.161. The Morgan fingerprint density at radius 2 is 1.09 bits per heavy atom. The summed E-state index contributed by atoms with van der Waals surface area (Å²) in [5, 5.41) is 27.8. The average Bonchev–Trinajstić information content (AvgIpc) is 3.21. The number of phosphoric ester groups is 1. The minimum atomic E-state index is -4.65. The van der Waals surface area contributed by atoms with E-state index in [1.807, 2.05) is 37.3 Å². The highest BCUT2D eigenvalue weighted by Crippen LogP contribution is 2.43. The highest BCUT2D eigenvalue weighted by molar-refractivity contribution is 7.47. The summed E-state index contributed by atoms with van der Waals surface area (Å²) >= 11 is 0. The molecule has 0 aliphatic carbocycles. The molecule has 0 rings (SSSR count). The van der Waals surface area contributed by atoms with Crippen LogP contribution in [0.1, 0.15) is 136 Å².